The normalized spacial score (nSPS) is 13.0. The highest BCUT2D eigenvalue weighted by Gasteiger charge is 2.21. The Bertz CT molecular complexity index is 570. The summed E-state index contributed by atoms with van der Waals surface area (Å²) in [4.78, 5) is 13.0. The molecule has 0 aliphatic rings. The molecule has 3 N–H and O–H groups in total. The van der Waals surface area contributed by atoms with E-state index in [4.69, 9.17) is 5.73 Å². The van der Waals surface area contributed by atoms with E-state index in [9.17, 15) is 13.2 Å². The molecule has 1 atom stereocenters. The maximum Gasteiger partial charge on any atom is 0.239 e. The molecule has 1 rings (SSSR count). The van der Waals surface area contributed by atoms with Crippen LogP contribution in [0, 0.1) is 0 Å². The first-order valence-corrected chi connectivity index (χ1v) is 7.89. The van der Waals surface area contributed by atoms with Gasteiger partial charge in [0.15, 0.2) is 0 Å². The van der Waals surface area contributed by atoms with Crippen LogP contribution in [-0.4, -0.2) is 39.4 Å². The summed E-state index contributed by atoms with van der Waals surface area (Å²) in [7, 11) is -0.413. The lowest BCUT2D eigenvalue weighted by Crippen LogP contribution is -2.44. The standard InChI is InChI=1S/C13H21N3O3S/c1-10(13(17)16(2)3)15-20(18,19)9-12-6-4-5-11(7-12)8-14/h4-7,10,15H,8-9,14H2,1-3H3. The number of hydrogen-bond acceptors (Lipinski definition) is 4. The Morgan fingerprint density at radius 2 is 1.95 bits per heavy atom. The van der Waals surface area contributed by atoms with Crippen LogP contribution in [0.2, 0.25) is 0 Å². The number of nitrogens with one attached hydrogen (secondary N) is 1. The van der Waals surface area contributed by atoms with E-state index in [0.29, 0.717) is 12.1 Å². The molecular formula is C13H21N3O3S. The number of nitrogens with two attached hydrogens (primary N) is 1. The SMILES string of the molecule is CC(NS(=O)(=O)Cc1cccc(CN)c1)C(=O)N(C)C. The number of likely N-dealkylation sites (N-methyl/N-ethyl adjacent to an activating group) is 1. The van der Waals surface area contributed by atoms with Gasteiger partial charge in [0.25, 0.3) is 0 Å². The third-order valence-electron chi connectivity index (χ3n) is 2.75. The van der Waals surface area contributed by atoms with Crippen molar-refractivity contribution in [2.45, 2.75) is 25.3 Å². The van der Waals surface area contributed by atoms with Gasteiger partial charge in [-0.2, -0.15) is 0 Å². The molecular weight excluding hydrogens is 278 g/mol. The van der Waals surface area contributed by atoms with Gasteiger partial charge in [0.05, 0.1) is 11.8 Å². The summed E-state index contributed by atoms with van der Waals surface area (Å²) < 4.78 is 26.4. The predicted octanol–water partition coefficient (Wildman–Crippen LogP) is 0.0414. The minimum atomic E-state index is -3.58. The molecule has 0 fully saturated rings. The van der Waals surface area contributed by atoms with Crippen molar-refractivity contribution in [3.05, 3.63) is 35.4 Å². The molecule has 1 unspecified atom stereocenters. The minimum Gasteiger partial charge on any atom is -0.347 e. The molecule has 0 saturated carbocycles. The highest BCUT2D eigenvalue weighted by atomic mass is 32.2. The van der Waals surface area contributed by atoms with Crippen LogP contribution in [0.5, 0.6) is 0 Å². The Labute approximate surface area is 120 Å². The van der Waals surface area contributed by atoms with E-state index in [1.165, 1.54) is 11.8 Å². The van der Waals surface area contributed by atoms with Gasteiger partial charge in [0, 0.05) is 20.6 Å². The van der Waals surface area contributed by atoms with Crippen LogP contribution in [-0.2, 0) is 27.1 Å². The van der Waals surface area contributed by atoms with E-state index in [0.717, 1.165) is 5.56 Å². The zero-order valence-corrected chi connectivity index (χ0v) is 12.8. The molecule has 0 aliphatic heterocycles. The average Bonchev–Trinajstić information content (AvgIpc) is 2.36. The van der Waals surface area contributed by atoms with Gasteiger partial charge in [0.2, 0.25) is 15.9 Å². The Morgan fingerprint density at radius 3 is 2.50 bits per heavy atom. The summed E-state index contributed by atoms with van der Waals surface area (Å²) in [6.07, 6.45) is 0. The number of hydrogen-bond donors (Lipinski definition) is 2. The number of carbonyl (C=O) groups excluding carboxylic acids is 1. The third kappa shape index (κ3) is 4.92. The molecule has 0 saturated heterocycles. The second-order valence-electron chi connectivity index (χ2n) is 4.86. The van der Waals surface area contributed by atoms with E-state index in [-0.39, 0.29) is 11.7 Å². The zero-order valence-electron chi connectivity index (χ0n) is 12.0. The summed E-state index contributed by atoms with van der Waals surface area (Å²) in [5.74, 6) is -0.462. The highest BCUT2D eigenvalue weighted by molar-refractivity contribution is 7.88. The van der Waals surface area contributed by atoms with Crippen LogP contribution in [0.4, 0.5) is 0 Å². The van der Waals surface area contributed by atoms with E-state index < -0.39 is 16.1 Å². The molecule has 112 valence electrons. The molecule has 0 aromatic heterocycles. The summed E-state index contributed by atoms with van der Waals surface area (Å²) in [6, 6.07) is 6.28. The van der Waals surface area contributed by atoms with Crippen molar-refractivity contribution in [2.75, 3.05) is 14.1 Å². The van der Waals surface area contributed by atoms with Gasteiger partial charge in [-0.05, 0) is 18.1 Å². The molecule has 7 heteroatoms. The second kappa shape index (κ2) is 6.83. The van der Waals surface area contributed by atoms with Gasteiger partial charge < -0.3 is 10.6 Å². The molecule has 0 heterocycles. The predicted molar refractivity (Wildman–Crippen MR) is 78.2 cm³/mol. The molecule has 1 aromatic rings. The maximum absolute atomic E-state index is 12.0. The minimum absolute atomic E-state index is 0.175. The van der Waals surface area contributed by atoms with Gasteiger partial charge >= 0.3 is 0 Å². The van der Waals surface area contributed by atoms with E-state index in [2.05, 4.69) is 4.72 Å². The number of sulfonamides is 1. The van der Waals surface area contributed by atoms with Crippen LogP contribution in [0.3, 0.4) is 0 Å². The molecule has 0 bridgehead atoms. The van der Waals surface area contributed by atoms with Crippen LogP contribution < -0.4 is 10.5 Å². The van der Waals surface area contributed by atoms with Crippen molar-refractivity contribution in [1.29, 1.82) is 0 Å². The lowest BCUT2D eigenvalue weighted by molar-refractivity contribution is -0.130. The number of carbonyl (C=O) groups is 1. The fourth-order valence-electron chi connectivity index (χ4n) is 1.81. The molecule has 1 aromatic carbocycles. The smallest absolute Gasteiger partial charge is 0.239 e. The Morgan fingerprint density at radius 1 is 1.35 bits per heavy atom. The van der Waals surface area contributed by atoms with E-state index in [1.54, 1.807) is 32.3 Å². The van der Waals surface area contributed by atoms with E-state index >= 15 is 0 Å². The summed E-state index contributed by atoms with van der Waals surface area (Å²) in [6.45, 7) is 1.88. The molecule has 0 radical (unpaired) electrons. The van der Waals surface area contributed by atoms with Gasteiger partial charge in [-0.1, -0.05) is 24.3 Å². The monoisotopic (exact) mass is 299 g/mol. The lowest BCUT2D eigenvalue weighted by atomic mass is 10.1. The number of rotatable bonds is 6. The topological polar surface area (TPSA) is 92.5 Å². The zero-order chi connectivity index (χ0) is 15.3. The van der Waals surface area contributed by atoms with Crippen molar-refractivity contribution >= 4 is 15.9 Å². The van der Waals surface area contributed by atoms with Crippen molar-refractivity contribution in [3.63, 3.8) is 0 Å². The van der Waals surface area contributed by atoms with Crippen molar-refractivity contribution in [3.8, 4) is 0 Å². The number of nitrogens with zero attached hydrogens (tertiary/aromatic N) is 1. The fraction of sp³-hybridized carbons (Fsp3) is 0.462. The van der Waals surface area contributed by atoms with Crippen LogP contribution in [0.1, 0.15) is 18.1 Å². The van der Waals surface area contributed by atoms with E-state index in [1.807, 2.05) is 6.07 Å². The quantitative estimate of drug-likeness (QED) is 0.776. The fourth-order valence-corrected chi connectivity index (χ4v) is 3.16. The van der Waals surface area contributed by atoms with Crippen molar-refractivity contribution < 1.29 is 13.2 Å². The molecule has 20 heavy (non-hydrogen) atoms. The van der Waals surface area contributed by atoms with Gasteiger partial charge in [-0.3, -0.25) is 4.79 Å². The van der Waals surface area contributed by atoms with Crippen LogP contribution in [0.15, 0.2) is 24.3 Å². The van der Waals surface area contributed by atoms with Gasteiger partial charge in [0.1, 0.15) is 0 Å². The van der Waals surface area contributed by atoms with Gasteiger partial charge in [-0.25, -0.2) is 13.1 Å². The summed E-state index contributed by atoms with van der Waals surface area (Å²) in [5.41, 5.74) is 7.03. The van der Waals surface area contributed by atoms with Crippen LogP contribution in [0.25, 0.3) is 0 Å². The molecule has 1 amide bonds. The Balaban J connectivity index is 2.77. The number of amides is 1. The van der Waals surface area contributed by atoms with Gasteiger partial charge in [-0.15, -0.1) is 0 Å². The summed E-state index contributed by atoms with van der Waals surface area (Å²) >= 11 is 0. The lowest BCUT2D eigenvalue weighted by Gasteiger charge is -2.18. The molecule has 0 spiro atoms. The highest BCUT2D eigenvalue weighted by Crippen LogP contribution is 2.09. The first-order chi connectivity index (χ1) is 9.25. The third-order valence-corrected chi connectivity index (χ3v) is 4.18. The average molecular weight is 299 g/mol. The second-order valence-corrected chi connectivity index (χ2v) is 6.61. The summed E-state index contributed by atoms with van der Waals surface area (Å²) in [5, 5.41) is 0. The first-order valence-electron chi connectivity index (χ1n) is 6.24. The molecule has 0 aliphatic carbocycles. The maximum atomic E-state index is 12.0. The molecule has 6 nitrogen and oxygen atoms in total. The van der Waals surface area contributed by atoms with Crippen molar-refractivity contribution in [2.24, 2.45) is 5.73 Å². The van der Waals surface area contributed by atoms with Crippen molar-refractivity contribution in [1.82, 2.24) is 9.62 Å². The first kappa shape index (κ1) is 16.6. The number of benzene rings is 1. The largest absolute Gasteiger partial charge is 0.347 e. The van der Waals surface area contributed by atoms with Crippen LogP contribution >= 0.6 is 0 Å². The Kier molecular flexibility index (Phi) is 5.67. The Hall–Kier alpha value is -1.44.